The van der Waals surface area contributed by atoms with Gasteiger partial charge in [-0.1, -0.05) is 112 Å². The third-order valence-corrected chi connectivity index (χ3v) is 6.63. The summed E-state index contributed by atoms with van der Waals surface area (Å²) in [5.41, 5.74) is 9.49. The minimum atomic E-state index is -0.426. The van der Waals surface area contributed by atoms with E-state index in [2.05, 4.69) is 101 Å². The first-order chi connectivity index (χ1) is 14.0. The maximum absolute atomic E-state index is 4.27. The summed E-state index contributed by atoms with van der Waals surface area (Å²) >= 11 is 0. The molecule has 0 N–H and O–H groups in total. The molecule has 1 atom stereocenters. The molecule has 0 radical (unpaired) electrons. The van der Waals surface area contributed by atoms with E-state index < -0.39 is 5.41 Å². The molecule has 0 bridgehead atoms. The number of allylic oxidation sites excluding steroid dienone is 9. The van der Waals surface area contributed by atoms with E-state index in [1.165, 1.54) is 44.5 Å². The van der Waals surface area contributed by atoms with E-state index in [4.69, 9.17) is 0 Å². The summed E-state index contributed by atoms with van der Waals surface area (Å²) in [6.45, 7) is 19.4. The summed E-state index contributed by atoms with van der Waals surface area (Å²) in [7, 11) is 0. The molecular formula is C29H28. The van der Waals surface area contributed by atoms with Crippen LogP contribution in [0.4, 0.5) is 0 Å². The fraction of sp³-hybridized carbons (Fsp3) is 0.172. The Morgan fingerprint density at radius 3 is 1.83 bits per heavy atom. The Morgan fingerprint density at radius 2 is 1.24 bits per heavy atom. The molecule has 144 valence electrons. The van der Waals surface area contributed by atoms with Crippen molar-refractivity contribution in [1.82, 2.24) is 0 Å². The van der Waals surface area contributed by atoms with Gasteiger partial charge in [-0.3, -0.25) is 0 Å². The lowest BCUT2D eigenvalue weighted by atomic mass is 9.55. The number of rotatable bonds is 4. The average molecular weight is 377 g/mol. The highest BCUT2D eigenvalue weighted by molar-refractivity contribution is 5.93. The van der Waals surface area contributed by atoms with Crippen LogP contribution in [0.5, 0.6) is 0 Å². The maximum atomic E-state index is 4.27. The minimum absolute atomic E-state index is 0.155. The third kappa shape index (κ3) is 2.26. The highest BCUT2D eigenvalue weighted by Crippen LogP contribution is 2.61. The Balaban J connectivity index is 2.31. The molecule has 0 nitrogen and oxygen atoms in total. The van der Waals surface area contributed by atoms with E-state index in [-0.39, 0.29) is 5.41 Å². The molecule has 2 aliphatic carbocycles. The van der Waals surface area contributed by atoms with Crippen LogP contribution in [0.1, 0.15) is 43.0 Å². The molecule has 0 heteroatoms. The largest absolute Gasteiger partial charge is 0.0987 e. The smallest absolute Gasteiger partial charge is 0.0719 e. The zero-order valence-electron chi connectivity index (χ0n) is 17.6. The Kier molecular flexibility index (Phi) is 4.46. The molecule has 29 heavy (non-hydrogen) atoms. The first-order valence-corrected chi connectivity index (χ1v) is 10.2. The molecule has 1 spiro atoms. The Hall–Kier alpha value is -3.12. The van der Waals surface area contributed by atoms with Gasteiger partial charge in [0.1, 0.15) is 0 Å². The summed E-state index contributed by atoms with van der Waals surface area (Å²) in [6.07, 6.45) is 10.4. The van der Waals surface area contributed by atoms with Crippen molar-refractivity contribution in [2.75, 3.05) is 0 Å². The minimum Gasteiger partial charge on any atom is -0.0987 e. The van der Waals surface area contributed by atoms with Gasteiger partial charge in [0.15, 0.2) is 0 Å². The fourth-order valence-corrected chi connectivity index (χ4v) is 5.54. The van der Waals surface area contributed by atoms with E-state index >= 15 is 0 Å². The van der Waals surface area contributed by atoms with E-state index in [0.29, 0.717) is 0 Å². The van der Waals surface area contributed by atoms with Gasteiger partial charge in [0, 0.05) is 5.41 Å². The Labute approximate surface area is 175 Å². The number of benzene rings is 2. The second kappa shape index (κ2) is 6.74. The van der Waals surface area contributed by atoms with Crippen LogP contribution in [0.25, 0.3) is 5.57 Å². The van der Waals surface area contributed by atoms with Gasteiger partial charge in [0.2, 0.25) is 0 Å². The lowest BCUT2D eigenvalue weighted by Crippen LogP contribution is -2.40. The van der Waals surface area contributed by atoms with Crippen LogP contribution in [0.15, 0.2) is 115 Å². The molecule has 4 rings (SSSR count). The number of hydrogen-bond acceptors (Lipinski definition) is 0. The van der Waals surface area contributed by atoms with Gasteiger partial charge in [-0.15, -0.1) is 0 Å². The number of hydrogen-bond donors (Lipinski definition) is 0. The van der Waals surface area contributed by atoms with Gasteiger partial charge in [-0.2, -0.15) is 0 Å². The second-order valence-electron chi connectivity index (χ2n) is 8.23. The van der Waals surface area contributed by atoms with Gasteiger partial charge in [-0.25, -0.2) is 0 Å². The van der Waals surface area contributed by atoms with E-state index in [9.17, 15) is 0 Å². The molecule has 2 aliphatic rings. The average Bonchev–Trinajstić information content (AvgIpc) is 3.01. The van der Waals surface area contributed by atoms with Crippen molar-refractivity contribution in [3.8, 4) is 0 Å². The van der Waals surface area contributed by atoms with Crippen molar-refractivity contribution in [2.45, 2.75) is 31.6 Å². The quantitative estimate of drug-likeness (QED) is 0.519. The maximum Gasteiger partial charge on any atom is 0.0719 e. The molecule has 0 saturated heterocycles. The van der Waals surface area contributed by atoms with Crippen LogP contribution >= 0.6 is 0 Å². The SMILES string of the molecule is C=CC1=C(C=C)C2(C(C=C)=C(/C=C\C)c3ccccc32)c2ccccc2C1(C)C. The molecule has 1 unspecified atom stereocenters. The second-order valence-corrected chi connectivity index (χ2v) is 8.23. The third-order valence-electron chi connectivity index (χ3n) is 6.63. The summed E-state index contributed by atoms with van der Waals surface area (Å²) in [6, 6.07) is 17.6. The fourth-order valence-electron chi connectivity index (χ4n) is 5.54. The lowest BCUT2D eigenvalue weighted by molar-refractivity contribution is 0.565. The molecule has 0 aliphatic heterocycles. The molecule has 2 aromatic carbocycles. The predicted octanol–water partition coefficient (Wildman–Crippen LogP) is 7.46. The summed E-state index contributed by atoms with van der Waals surface area (Å²) in [5, 5.41) is 0. The van der Waals surface area contributed by atoms with Crippen molar-refractivity contribution in [3.05, 3.63) is 138 Å². The first kappa shape index (κ1) is 19.2. The van der Waals surface area contributed by atoms with Crippen LogP contribution in [-0.4, -0.2) is 0 Å². The molecular weight excluding hydrogens is 348 g/mol. The molecule has 0 saturated carbocycles. The number of fused-ring (bicyclic) bond motifs is 4. The van der Waals surface area contributed by atoms with Crippen molar-refractivity contribution < 1.29 is 0 Å². The van der Waals surface area contributed by atoms with Gasteiger partial charge in [-0.05, 0) is 51.5 Å². The molecule has 0 heterocycles. The summed E-state index contributed by atoms with van der Waals surface area (Å²) in [4.78, 5) is 0. The molecule has 0 amide bonds. The van der Waals surface area contributed by atoms with Crippen molar-refractivity contribution in [3.63, 3.8) is 0 Å². The Morgan fingerprint density at radius 1 is 0.690 bits per heavy atom. The highest BCUT2D eigenvalue weighted by Gasteiger charge is 2.53. The zero-order valence-corrected chi connectivity index (χ0v) is 17.6. The van der Waals surface area contributed by atoms with Crippen LogP contribution in [0.2, 0.25) is 0 Å². The molecule has 2 aromatic rings. The van der Waals surface area contributed by atoms with Crippen molar-refractivity contribution in [1.29, 1.82) is 0 Å². The van der Waals surface area contributed by atoms with Gasteiger partial charge < -0.3 is 0 Å². The van der Waals surface area contributed by atoms with Crippen LogP contribution in [0, 0.1) is 0 Å². The predicted molar refractivity (Wildman–Crippen MR) is 126 cm³/mol. The normalized spacial score (nSPS) is 22.0. The zero-order chi connectivity index (χ0) is 20.8. The van der Waals surface area contributed by atoms with Gasteiger partial charge in [0.05, 0.1) is 5.41 Å². The Bertz CT molecular complexity index is 1130. The van der Waals surface area contributed by atoms with E-state index in [0.717, 1.165) is 0 Å². The summed E-state index contributed by atoms with van der Waals surface area (Å²) < 4.78 is 0. The van der Waals surface area contributed by atoms with Gasteiger partial charge >= 0.3 is 0 Å². The van der Waals surface area contributed by atoms with Crippen molar-refractivity contribution >= 4 is 5.57 Å². The van der Waals surface area contributed by atoms with Crippen LogP contribution < -0.4 is 0 Å². The molecule has 0 fully saturated rings. The summed E-state index contributed by atoms with van der Waals surface area (Å²) in [5.74, 6) is 0. The van der Waals surface area contributed by atoms with Gasteiger partial charge in [0.25, 0.3) is 0 Å². The van der Waals surface area contributed by atoms with E-state index in [1.807, 2.05) is 18.2 Å². The standard InChI is InChI=1S/C29H28/c1-7-15-20-21-16-11-12-17-25(21)29(22(20)8-2)24(10-4)23(9-3)28(5,6)26-18-13-14-19-27(26)29/h7-19H,2-4H2,1,5-6H3/b15-7-. The van der Waals surface area contributed by atoms with Crippen LogP contribution in [0.3, 0.4) is 0 Å². The topological polar surface area (TPSA) is 0 Å². The van der Waals surface area contributed by atoms with Crippen LogP contribution in [-0.2, 0) is 10.8 Å². The van der Waals surface area contributed by atoms with E-state index in [1.54, 1.807) is 0 Å². The highest BCUT2D eigenvalue weighted by atomic mass is 14.5. The van der Waals surface area contributed by atoms with Crippen molar-refractivity contribution in [2.24, 2.45) is 0 Å². The lowest BCUT2D eigenvalue weighted by Gasteiger charge is -2.47. The molecule has 0 aromatic heterocycles. The monoisotopic (exact) mass is 376 g/mol. The first-order valence-electron chi connectivity index (χ1n) is 10.2.